The Morgan fingerprint density at radius 3 is 2.33 bits per heavy atom. The van der Waals surface area contributed by atoms with E-state index in [1.807, 2.05) is 24.3 Å². The van der Waals surface area contributed by atoms with Crippen molar-refractivity contribution in [3.05, 3.63) is 101 Å². The summed E-state index contributed by atoms with van der Waals surface area (Å²) >= 11 is 5.98. The number of amides is 1. The molecular weight excluding hydrogens is 392 g/mol. The summed E-state index contributed by atoms with van der Waals surface area (Å²) in [5.74, 6) is 0.659. The van der Waals surface area contributed by atoms with Crippen LogP contribution in [0.25, 0.3) is 0 Å². The monoisotopic (exact) mass is 418 g/mol. The average Bonchev–Trinajstić information content (AvgIpc) is 2.76. The van der Waals surface area contributed by atoms with Crippen LogP contribution in [0.1, 0.15) is 34.3 Å². The molecule has 1 amide bonds. The third-order valence-electron chi connectivity index (χ3n) is 5.78. The number of piperidine rings is 1. The number of halogens is 1. The lowest BCUT2D eigenvalue weighted by Crippen LogP contribution is -2.33. The quantitative estimate of drug-likeness (QED) is 0.528. The van der Waals surface area contributed by atoms with E-state index in [0.29, 0.717) is 16.3 Å². The Balaban J connectivity index is 1.26. The van der Waals surface area contributed by atoms with Crippen LogP contribution in [0.3, 0.4) is 0 Å². The Bertz CT molecular complexity index is 964. The molecule has 1 saturated heterocycles. The first-order valence-electron chi connectivity index (χ1n) is 10.6. The van der Waals surface area contributed by atoms with Gasteiger partial charge in [0.25, 0.3) is 5.91 Å². The lowest BCUT2D eigenvalue weighted by atomic mass is 9.90. The smallest absolute Gasteiger partial charge is 0.255 e. The number of rotatable bonds is 6. The Kier molecular flexibility index (Phi) is 6.83. The van der Waals surface area contributed by atoms with E-state index in [-0.39, 0.29) is 5.91 Å². The molecule has 0 radical (unpaired) electrons. The fourth-order valence-electron chi connectivity index (χ4n) is 4.09. The molecule has 0 unspecified atom stereocenters. The third kappa shape index (κ3) is 5.71. The zero-order valence-corrected chi connectivity index (χ0v) is 17.8. The molecule has 1 aliphatic rings. The van der Waals surface area contributed by atoms with Crippen molar-refractivity contribution in [1.29, 1.82) is 0 Å². The van der Waals surface area contributed by atoms with Crippen LogP contribution in [0.2, 0.25) is 5.02 Å². The first-order chi connectivity index (χ1) is 14.7. The summed E-state index contributed by atoms with van der Waals surface area (Å²) in [5, 5.41) is 3.50. The van der Waals surface area contributed by atoms with Gasteiger partial charge in [0.2, 0.25) is 0 Å². The van der Waals surface area contributed by atoms with Gasteiger partial charge in [0, 0.05) is 22.8 Å². The van der Waals surface area contributed by atoms with Crippen LogP contribution < -0.4 is 5.32 Å². The fraction of sp³-hybridized carbons (Fsp3) is 0.269. The molecule has 0 atom stereocenters. The molecule has 154 valence electrons. The SMILES string of the molecule is O=C(Nc1cccc(Cl)c1)c1ccc(CN2CCC(Cc3ccccc3)CC2)cc1. The van der Waals surface area contributed by atoms with Gasteiger partial charge in [0.15, 0.2) is 0 Å². The minimum atomic E-state index is -0.120. The molecule has 0 aliphatic carbocycles. The highest BCUT2D eigenvalue weighted by atomic mass is 35.5. The van der Waals surface area contributed by atoms with Crippen molar-refractivity contribution in [3.63, 3.8) is 0 Å². The normalized spacial score (nSPS) is 15.1. The molecule has 1 fully saturated rings. The second-order valence-corrected chi connectivity index (χ2v) is 8.51. The second-order valence-electron chi connectivity index (χ2n) is 8.07. The van der Waals surface area contributed by atoms with Crippen LogP contribution in [-0.2, 0) is 13.0 Å². The van der Waals surface area contributed by atoms with Gasteiger partial charge in [0.1, 0.15) is 0 Å². The molecule has 0 saturated carbocycles. The maximum Gasteiger partial charge on any atom is 0.255 e. The van der Waals surface area contributed by atoms with Crippen molar-refractivity contribution in [2.24, 2.45) is 5.92 Å². The van der Waals surface area contributed by atoms with Gasteiger partial charge >= 0.3 is 0 Å². The first kappa shape index (κ1) is 20.6. The molecule has 3 nitrogen and oxygen atoms in total. The molecule has 0 spiro atoms. The maximum absolute atomic E-state index is 12.4. The number of likely N-dealkylation sites (tertiary alicyclic amines) is 1. The van der Waals surface area contributed by atoms with E-state index < -0.39 is 0 Å². The standard InChI is InChI=1S/C26H27ClN2O/c27-24-7-4-8-25(18-24)28-26(30)23-11-9-22(10-12-23)19-29-15-13-21(14-16-29)17-20-5-2-1-3-6-20/h1-12,18,21H,13-17,19H2,(H,28,30). The summed E-state index contributed by atoms with van der Waals surface area (Å²) in [7, 11) is 0. The molecule has 0 bridgehead atoms. The van der Waals surface area contributed by atoms with Crippen molar-refractivity contribution in [3.8, 4) is 0 Å². The van der Waals surface area contributed by atoms with Gasteiger partial charge < -0.3 is 5.32 Å². The first-order valence-corrected chi connectivity index (χ1v) is 11.0. The topological polar surface area (TPSA) is 32.3 Å². The summed E-state index contributed by atoms with van der Waals surface area (Å²) in [6.07, 6.45) is 3.68. The zero-order chi connectivity index (χ0) is 20.8. The number of benzene rings is 3. The minimum Gasteiger partial charge on any atom is -0.322 e. The molecule has 30 heavy (non-hydrogen) atoms. The van der Waals surface area contributed by atoms with Crippen LogP contribution in [0.4, 0.5) is 5.69 Å². The summed E-state index contributed by atoms with van der Waals surface area (Å²) in [5.41, 5.74) is 4.05. The Hall–Kier alpha value is -2.62. The summed E-state index contributed by atoms with van der Waals surface area (Å²) in [6, 6.07) is 25.9. The van der Waals surface area contributed by atoms with Crippen LogP contribution in [0.15, 0.2) is 78.9 Å². The van der Waals surface area contributed by atoms with Crippen molar-refractivity contribution in [1.82, 2.24) is 4.90 Å². The molecule has 1 heterocycles. The van der Waals surface area contributed by atoms with Crippen molar-refractivity contribution in [2.45, 2.75) is 25.8 Å². The summed E-state index contributed by atoms with van der Waals surface area (Å²) in [6.45, 7) is 3.21. The summed E-state index contributed by atoms with van der Waals surface area (Å²) < 4.78 is 0. The predicted octanol–water partition coefficient (Wildman–Crippen LogP) is 6.05. The third-order valence-corrected chi connectivity index (χ3v) is 6.01. The van der Waals surface area contributed by atoms with E-state index in [1.165, 1.54) is 30.4 Å². The molecule has 0 aromatic heterocycles. The molecular formula is C26H27ClN2O. The molecule has 3 aromatic carbocycles. The van der Waals surface area contributed by atoms with Gasteiger partial charge in [-0.1, -0.05) is 60.1 Å². The Morgan fingerprint density at radius 1 is 0.900 bits per heavy atom. The zero-order valence-electron chi connectivity index (χ0n) is 17.1. The predicted molar refractivity (Wildman–Crippen MR) is 124 cm³/mol. The number of nitrogens with zero attached hydrogens (tertiary/aromatic N) is 1. The number of nitrogens with one attached hydrogen (secondary N) is 1. The van der Waals surface area contributed by atoms with Gasteiger partial charge in [0.05, 0.1) is 0 Å². The van der Waals surface area contributed by atoms with Crippen LogP contribution >= 0.6 is 11.6 Å². The molecule has 1 aliphatic heterocycles. The number of anilines is 1. The van der Waals surface area contributed by atoms with Crippen molar-refractivity contribution in [2.75, 3.05) is 18.4 Å². The van der Waals surface area contributed by atoms with Crippen molar-refractivity contribution < 1.29 is 4.79 Å². The molecule has 4 heteroatoms. The van der Waals surface area contributed by atoms with Crippen LogP contribution in [0.5, 0.6) is 0 Å². The van der Waals surface area contributed by atoms with E-state index in [9.17, 15) is 4.79 Å². The second kappa shape index (κ2) is 9.92. The van der Waals surface area contributed by atoms with E-state index in [4.69, 9.17) is 11.6 Å². The average molecular weight is 419 g/mol. The maximum atomic E-state index is 12.4. The highest BCUT2D eigenvalue weighted by Crippen LogP contribution is 2.23. The van der Waals surface area contributed by atoms with E-state index in [2.05, 4.69) is 52.7 Å². The highest BCUT2D eigenvalue weighted by molar-refractivity contribution is 6.30. The Morgan fingerprint density at radius 2 is 1.63 bits per heavy atom. The van der Waals surface area contributed by atoms with Crippen LogP contribution in [0, 0.1) is 5.92 Å². The Labute approximate surface area is 183 Å². The lowest BCUT2D eigenvalue weighted by molar-refractivity contribution is 0.102. The van der Waals surface area contributed by atoms with Gasteiger partial charge in [-0.25, -0.2) is 0 Å². The minimum absolute atomic E-state index is 0.120. The number of hydrogen-bond acceptors (Lipinski definition) is 2. The van der Waals surface area contributed by atoms with E-state index in [1.54, 1.807) is 12.1 Å². The summed E-state index contributed by atoms with van der Waals surface area (Å²) in [4.78, 5) is 15.0. The van der Waals surface area contributed by atoms with Crippen LogP contribution in [-0.4, -0.2) is 23.9 Å². The van der Waals surface area contributed by atoms with Gasteiger partial charge in [-0.2, -0.15) is 0 Å². The molecule has 3 aromatic rings. The number of carbonyl (C=O) groups is 1. The van der Waals surface area contributed by atoms with Crippen molar-refractivity contribution >= 4 is 23.2 Å². The number of carbonyl (C=O) groups excluding carboxylic acids is 1. The lowest BCUT2D eigenvalue weighted by Gasteiger charge is -2.32. The highest BCUT2D eigenvalue weighted by Gasteiger charge is 2.19. The van der Waals surface area contributed by atoms with E-state index >= 15 is 0 Å². The van der Waals surface area contributed by atoms with Gasteiger partial charge in [-0.3, -0.25) is 9.69 Å². The molecule has 4 rings (SSSR count). The van der Waals surface area contributed by atoms with Gasteiger partial charge in [-0.15, -0.1) is 0 Å². The number of hydrogen-bond donors (Lipinski definition) is 1. The largest absolute Gasteiger partial charge is 0.322 e. The fourth-order valence-corrected chi connectivity index (χ4v) is 4.28. The van der Waals surface area contributed by atoms with E-state index in [0.717, 1.165) is 25.6 Å². The molecule has 1 N–H and O–H groups in total. The van der Waals surface area contributed by atoms with Gasteiger partial charge in [-0.05, 0) is 79.7 Å².